The highest BCUT2D eigenvalue weighted by atomic mass is 32.2. The molecule has 8 heteroatoms. The third-order valence-electron chi connectivity index (χ3n) is 4.18. The van der Waals surface area contributed by atoms with Crippen LogP contribution in [0.5, 0.6) is 11.5 Å². The monoisotopic (exact) mass is 392 g/mol. The molecule has 2 amide bonds. The number of carbonyl (C=O) groups excluding carboxylic acids is 2. The van der Waals surface area contributed by atoms with Gasteiger partial charge >= 0.3 is 0 Å². The predicted octanol–water partition coefficient (Wildman–Crippen LogP) is 2.81. The van der Waals surface area contributed by atoms with Gasteiger partial charge in [-0.1, -0.05) is 6.07 Å². The lowest BCUT2D eigenvalue weighted by atomic mass is 10.2. The summed E-state index contributed by atoms with van der Waals surface area (Å²) in [6.07, 6.45) is 1.72. The molecule has 0 spiro atoms. The molecule has 7 nitrogen and oxygen atoms in total. The van der Waals surface area contributed by atoms with Crippen LogP contribution in [0, 0.1) is 0 Å². The Labute approximate surface area is 163 Å². The zero-order valence-electron chi connectivity index (χ0n) is 15.6. The average Bonchev–Trinajstić information content (AvgIpc) is 2.92. The number of carbonyl (C=O) groups is 2. The number of morpholine rings is 1. The van der Waals surface area contributed by atoms with E-state index in [4.69, 9.17) is 14.2 Å². The minimum absolute atomic E-state index is 0.242. The molecule has 2 aliphatic rings. The minimum atomic E-state index is -0.261. The van der Waals surface area contributed by atoms with Crippen molar-refractivity contribution < 1.29 is 23.8 Å². The van der Waals surface area contributed by atoms with Gasteiger partial charge in [-0.3, -0.25) is 19.4 Å². The Morgan fingerprint density at radius 1 is 1.11 bits per heavy atom. The number of nitrogens with zero attached hydrogens (tertiary/aromatic N) is 2. The highest BCUT2D eigenvalue weighted by molar-refractivity contribution is 8.18. The first-order valence-electron chi connectivity index (χ1n) is 9.07. The van der Waals surface area contributed by atoms with Crippen LogP contribution in [0.25, 0.3) is 6.08 Å². The Bertz CT molecular complexity index is 731. The van der Waals surface area contributed by atoms with Gasteiger partial charge in [-0.2, -0.15) is 0 Å². The Balaban J connectivity index is 1.75. The Morgan fingerprint density at radius 2 is 1.81 bits per heavy atom. The standard InChI is InChI=1S/C19H24N2O5S/c1-3-25-15-6-5-14(11-16(15)26-4-2)12-17-18(22)21(19(23)27-17)13-20-7-9-24-10-8-20/h5-6,11-12H,3-4,7-10,13H2,1-2H3/b17-12-. The molecule has 2 aliphatic heterocycles. The molecule has 2 fully saturated rings. The van der Waals surface area contributed by atoms with Crippen molar-refractivity contribution in [3.63, 3.8) is 0 Å². The smallest absolute Gasteiger partial charge is 0.294 e. The van der Waals surface area contributed by atoms with E-state index in [1.165, 1.54) is 4.90 Å². The number of amides is 2. The Morgan fingerprint density at radius 3 is 2.52 bits per heavy atom. The molecule has 0 aliphatic carbocycles. The molecule has 1 aromatic carbocycles. The van der Waals surface area contributed by atoms with E-state index in [9.17, 15) is 9.59 Å². The van der Waals surface area contributed by atoms with Gasteiger partial charge < -0.3 is 14.2 Å². The van der Waals surface area contributed by atoms with Crippen molar-refractivity contribution in [3.05, 3.63) is 28.7 Å². The van der Waals surface area contributed by atoms with Crippen molar-refractivity contribution >= 4 is 29.0 Å². The zero-order chi connectivity index (χ0) is 19.2. The van der Waals surface area contributed by atoms with E-state index in [0.29, 0.717) is 49.5 Å². The van der Waals surface area contributed by atoms with Gasteiger partial charge in [0.05, 0.1) is 38.0 Å². The summed E-state index contributed by atoms with van der Waals surface area (Å²) in [5.74, 6) is 1.03. The van der Waals surface area contributed by atoms with E-state index in [1.807, 2.05) is 36.9 Å². The molecule has 0 saturated carbocycles. The largest absolute Gasteiger partial charge is 0.490 e. The second kappa shape index (κ2) is 9.25. The van der Waals surface area contributed by atoms with Crippen molar-refractivity contribution in [1.82, 2.24) is 9.80 Å². The maximum Gasteiger partial charge on any atom is 0.294 e. The number of ether oxygens (including phenoxy) is 3. The van der Waals surface area contributed by atoms with Gasteiger partial charge in [0.2, 0.25) is 0 Å². The second-order valence-electron chi connectivity index (χ2n) is 6.05. The van der Waals surface area contributed by atoms with Gasteiger partial charge in [-0.25, -0.2) is 0 Å². The lowest BCUT2D eigenvalue weighted by molar-refractivity contribution is -0.125. The molecule has 27 heavy (non-hydrogen) atoms. The number of hydrogen-bond acceptors (Lipinski definition) is 7. The molecule has 0 bridgehead atoms. The van der Waals surface area contributed by atoms with Crippen LogP contribution in [0.1, 0.15) is 19.4 Å². The fourth-order valence-electron chi connectivity index (χ4n) is 2.87. The van der Waals surface area contributed by atoms with Gasteiger partial charge in [-0.15, -0.1) is 0 Å². The van der Waals surface area contributed by atoms with Crippen molar-refractivity contribution in [1.29, 1.82) is 0 Å². The number of benzene rings is 1. The van der Waals surface area contributed by atoms with Crippen LogP contribution < -0.4 is 9.47 Å². The third-order valence-corrected chi connectivity index (χ3v) is 5.09. The van der Waals surface area contributed by atoms with Crippen LogP contribution >= 0.6 is 11.8 Å². The molecular weight excluding hydrogens is 368 g/mol. The molecule has 3 rings (SSSR count). The summed E-state index contributed by atoms with van der Waals surface area (Å²) >= 11 is 0.967. The zero-order valence-corrected chi connectivity index (χ0v) is 16.4. The lowest BCUT2D eigenvalue weighted by Crippen LogP contribution is -2.45. The molecule has 146 valence electrons. The molecule has 0 radical (unpaired) electrons. The third kappa shape index (κ3) is 4.82. The Kier molecular flexibility index (Phi) is 6.76. The number of imide groups is 1. The molecule has 2 heterocycles. The molecule has 0 aromatic heterocycles. The first-order chi connectivity index (χ1) is 13.1. The van der Waals surface area contributed by atoms with E-state index in [1.54, 1.807) is 6.08 Å². The topological polar surface area (TPSA) is 68.3 Å². The van der Waals surface area contributed by atoms with Gasteiger partial charge in [0.1, 0.15) is 0 Å². The van der Waals surface area contributed by atoms with E-state index in [2.05, 4.69) is 0 Å². The number of rotatable bonds is 7. The second-order valence-corrected chi connectivity index (χ2v) is 7.05. The fraction of sp³-hybridized carbons (Fsp3) is 0.474. The normalized spacial score (nSPS) is 19.8. The van der Waals surface area contributed by atoms with Crippen molar-refractivity contribution in [2.24, 2.45) is 0 Å². The van der Waals surface area contributed by atoms with Crippen LogP contribution in [-0.4, -0.2) is 67.1 Å². The summed E-state index contributed by atoms with van der Waals surface area (Å²) in [6.45, 7) is 7.86. The van der Waals surface area contributed by atoms with E-state index < -0.39 is 0 Å². The quantitative estimate of drug-likeness (QED) is 0.661. The fourth-order valence-corrected chi connectivity index (χ4v) is 3.70. The summed E-state index contributed by atoms with van der Waals surface area (Å²) in [7, 11) is 0. The van der Waals surface area contributed by atoms with E-state index in [0.717, 1.165) is 30.4 Å². The van der Waals surface area contributed by atoms with Crippen molar-refractivity contribution in [3.8, 4) is 11.5 Å². The van der Waals surface area contributed by atoms with Crippen LogP contribution in [0.3, 0.4) is 0 Å². The Hall–Kier alpha value is -2.03. The summed E-state index contributed by atoms with van der Waals surface area (Å²) < 4.78 is 16.5. The van der Waals surface area contributed by atoms with Crippen LogP contribution in [0.4, 0.5) is 4.79 Å². The van der Waals surface area contributed by atoms with Crippen LogP contribution in [0.15, 0.2) is 23.1 Å². The van der Waals surface area contributed by atoms with Crippen molar-refractivity contribution in [2.75, 3.05) is 46.2 Å². The van der Waals surface area contributed by atoms with Crippen LogP contribution in [0.2, 0.25) is 0 Å². The minimum Gasteiger partial charge on any atom is -0.490 e. The molecule has 0 unspecified atom stereocenters. The number of hydrogen-bond donors (Lipinski definition) is 0. The van der Waals surface area contributed by atoms with Crippen LogP contribution in [-0.2, 0) is 9.53 Å². The first-order valence-corrected chi connectivity index (χ1v) is 9.89. The maximum absolute atomic E-state index is 12.7. The average molecular weight is 392 g/mol. The molecule has 2 saturated heterocycles. The molecule has 1 aromatic rings. The van der Waals surface area contributed by atoms with Gasteiger partial charge in [0.25, 0.3) is 11.1 Å². The summed E-state index contributed by atoms with van der Waals surface area (Å²) in [5.41, 5.74) is 0.791. The highest BCUT2D eigenvalue weighted by Gasteiger charge is 2.36. The summed E-state index contributed by atoms with van der Waals surface area (Å²) in [6, 6.07) is 5.49. The SMILES string of the molecule is CCOc1ccc(/C=C2\SC(=O)N(CN3CCOCC3)C2=O)cc1OCC. The lowest BCUT2D eigenvalue weighted by Gasteiger charge is -2.29. The molecule has 0 atom stereocenters. The highest BCUT2D eigenvalue weighted by Crippen LogP contribution is 2.34. The van der Waals surface area contributed by atoms with Gasteiger partial charge in [0.15, 0.2) is 11.5 Å². The van der Waals surface area contributed by atoms with E-state index >= 15 is 0 Å². The van der Waals surface area contributed by atoms with Gasteiger partial charge in [0, 0.05) is 13.1 Å². The molecular formula is C19H24N2O5S. The van der Waals surface area contributed by atoms with Gasteiger partial charge in [-0.05, 0) is 49.4 Å². The summed E-state index contributed by atoms with van der Waals surface area (Å²) in [4.78, 5) is 28.7. The first kappa shape index (κ1) is 19.7. The summed E-state index contributed by atoms with van der Waals surface area (Å²) in [5, 5.41) is -0.242. The van der Waals surface area contributed by atoms with E-state index in [-0.39, 0.29) is 11.1 Å². The number of thioether (sulfide) groups is 1. The van der Waals surface area contributed by atoms with Crippen molar-refractivity contribution in [2.45, 2.75) is 13.8 Å². The maximum atomic E-state index is 12.7. The molecule has 0 N–H and O–H groups in total. The predicted molar refractivity (Wildman–Crippen MR) is 104 cm³/mol.